The molecule has 5 rings (SSSR count). The fraction of sp³-hybridized carbons (Fsp3) is 0.816. The van der Waals surface area contributed by atoms with Gasteiger partial charge in [-0.15, -0.1) is 0 Å². The Morgan fingerprint density at radius 2 is 1.66 bits per heavy atom. The number of hydrogen-bond acceptors (Lipinski definition) is 11. The highest BCUT2D eigenvalue weighted by Crippen LogP contribution is 2.39. The van der Waals surface area contributed by atoms with Crippen LogP contribution in [0.2, 0.25) is 0 Å². The van der Waals surface area contributed by atoms with E-state index >= 15 is 0 Å². The summed E-state index contributed by atoms with van der Waals surface area (Å²) in [5.74, 6) is -5.96. The van der Waals surface area contributed by atoms with E-state index in [1.807, 2.05) is 27.7 Å². The minimum absolute atomic E-state index is 0.0600. The van der Waals surface area contributed by atoms with E-state index in [4.69, 9.17) is 23.7 Å². The monoisotopic (exact) mass is 871 g/mol. The molecule has 2 bridgehead atoms. The molecule has 0 spiro atoms. The molecule has 0 aromatic heterocycles. The van der Waals surface area contributed by atoms with E-state index in [0.29, 0.717) is 64.4 Å². The van der Waals surface area contributed by atoms with Crippen LogP contribution in [0, 0.1) is 35.5 Å². The Kier molecular flexibility index (Phi) is 18.4. The molecule has 350 valence electrons. The molecule has 2 saturated heterocycles. The minimum atomic E-state index is -2.47. The second-order valence-corrected chi connectivity index (χ2v) is 19.5. The molecule has 13 nitrogen and oxygen atoms in total. The van der Waals surface area contributed by atoms with E-state index in [-0.39, 0.29) is 66.4 Å². The number of amides is 2. The molecule has 13 unspecified atom stereocenters. The lowest BCUT2D eigenvalue weighted by molar-refractivity contribution is -0.302. The van der Waals surface area contributed by atoms with Gasteiger partial charge in [0.05, 0.1) is 24.4 Å². The van der Waals surface area contributed by atoms with Gasteiger partial charge in [-0.1, -0.05) is 52.3 Å². The molecule has 2 N–H and O–H groups in total. The van der Waals surface area contributed by atoms with Crippen LogP contribution in [0.5, 0.6) is 0 Å². The zero-order valence-corrected chi connectivity index (χ0v) is 39.2. The van der Waals surface area contributed by atoms with Crippen molar-refractivity contribution < 1.29 is 52.8 Å². The van der Waals surface area contributed by atoms with Crippen LogP contribution in [0.15, 0.2) is 23.3 Å². The van der Waals surface area contributed by atoms with Gasteiger partial charge in [-0.3, -0.25) is 19.2 Å². The largest absolute Gasteiger partial charge is 0.456 e. The number of Topliss-reactive ketones (excluding diaryl/α,β-unsaturated/α-hetero) is 2. The van der Waals surface area contributed by atoms with E-state index in [0.717, 1.165) is 43.3 Å². The summed E-state index contributed by atoms with van der Waals surface area (Å²) in [5, 5.41) is 15.4. The third-order valence-corrected chi connectivity index (χ3v) is 14.3. The molecule has 13 atom stereocenters. The van der Waals surface area contributed by atoms with E-state index in [2.05, 4.69) is 31.3 Å². The highest BCUT2D eigenvalue weighted by Gasteiger charge is 2.56. The number of allylic oxidation sites excluding steroid dienone is 3. The number of carbonyl (C=O) groups excluding carboxylic acids is 5. The Hall–Kier alpha value is -2.97. The molecule has 62 heavy (non-hydrogen) atoms. The molecule has 2 aliphatic carbocycles. The summed E-state index contributed by atoms with van der Waals surface area (Å²) in [5.41, 5.74) is 1.93. The Bertz CT molecular complexity index is 1630. The van der Waals surface area contributed by atoms with Gasteiger partial charge in [0.2, 0.25) is 11.7 Å². The van der Waals surface area contributed by atoms with Gasteiger partial charge in [-0.2, -0.15) is 0 Å². The molecule has 0 aromatic rings. The van der Waals surface area contributed by atoms with Gasteiger partial charge in [0.1, 0.15) is 24.0 Å². The zero-order valence-electron chi connectivity index (χ0n) is 39.2. The van der Waals surface area contributed by atoms with E-state index in [1.54, 1.807) is 21.1 Å². The van der Waals surface area contributed by atoms with Crippen molar-refractivity contribution in [1.82, 2.24) is 10.2 Å². The number of carbonyl (C=O) groups is 5. The number of methoxy groups -OCH3 is 2. The number of nitrogens with one attached hydrogen (secondary N) is 1. The highest BCUT2D eigenvalue weighted by atomic mass is 16.7. The molecule has 2 amide bonds. The number of hydrogen-bond donors (Lipinski definition) is 2. The van der Waals surface area contributed by atoms with Crippen LogP contribution in [0.4, 0.5) is 0 Å². The minimum Gasteiger partial charge on any atom is -0.456 e. The van der Waals surface area contributed by atoms with Crippen molar-refractivity contribution >= 4 is 29.4 Å². The first-order chi connectivity index (χ1) is 29.5. The summed E-state index contributed by atoms with van der Waals surface area (Å²) in [7, 11) is 3.11. The normalized spacial score (nSPS) is 37.7. The first-order valence-electron chi connectivity index (χ1n) is 23.9. The maximum atomic E-state index is 14.5. The van der Waals surface area contributed by atoms with Gasteiger partial charge in [0.15, 0.2) is 0 Å². The number of ketones is 2. The lowest BCUT2D eigenvalue weighted by Crippen LogP contribution is -2.64. The van der Waals surface area contributed by atoms with Crippen LogP contribution in [0.25, 0.3) is 0 Å². The summed E-state index contributed by atoms with van der Waals surface area (Å²) < 4.78 is 30.9. The third-order valence-electron chi connectivity index (χ3n) is 14.3. The van der Waals surface area contributed by atoms with Gasteiger partial charge in [0.25, 0.3) is 11.7 Å². The Morgan fingerprint density at radius 3 is 2.32 bits per heavy atom. The topological polar surface area (TPSA) is 167 Å². The summed E-state index contributed by atoms with van der Waals surface area (Å²) >= 11 is 0. The number of cyclic esters (lactones) is 1. The van der Waals surface area contributed by atoms with E-state index in [1.165, 1.54) is 4.90 Å². The predicted octanol–water partition coefficient (Wildman–Crippen LogP) is 6.82. The number of nitrogens with zero attached hydrogens (tertiary/aromatic N) is 1. The highest BCUT2D eigenvalue weighted by molar-refractivity contribution is 6.39. The Morgan fingerprint density at radius 1 is 0.952 bits per heavy atom. The summed E-state index contributed by atoms with van der Waals surface area (Å²) in [6.07, 6.45) is 10.9. The predicted molar refractivity (Wildman–Crippen MR) is 235 cm³/mol. The summed E-state index contributed by atoms with van der Waals surface area (Å²) in [6, 6.07) is -1.11. The average molecular weight is 871 g/mol. The lowest BCUT2D eigenvalue weighted by atomic mass is 9.81. The smallest absolute Gasteiger partial charge is 0.329 e. The van der Waals surface area contributed by atoms with Crippen molar-refractivity contribution in [3.8, 4) is 0 Å². The van der Waals surface area contributed by atoms with Crippen LogP contribution < -0.4 is 5.32 Å². The molecule has 4 fully saturated rings. The van der Waals surface area contributed by atoms with Crippen LogP contribution in [-0.2, 0) is 47.7 Å². The number of aliphatic hydroxyl groups is 1. The molecule has 3 aliphatic heterocycles. The molecular formula is C49H78N2O11. The Balaban J connectivity index is 1.47. The van der Waals surface area contributed by atoms with Gasteiger partial charge < -0.3 is 39.0 Å². The van der Waals surface area contributed by atoms with Crippen molar-refractivity contribution in [2.45, 2.75) is 193 Å². The fourth-order valence-corrected chi connectivity index (χ4v) is 10.4. The van der Waals surface area contributed by atoms with Crippen molar-refractivity contribution in [3.05, 3.63) is 23.3 Å². The second-order valence-electron chi connectivity index (χ2n) is 19.5. The number of ether oxygens (including phenoxy) is 5. The van der Waals surface area contributed by atoms with E-state index < -0.39 is 59.8 Å². The van der Waals surface area contributed by atoms with E-state index in [9.17, 15) is 29.1 Å². The van der Waals surface area contributed by atoms with Gasteiger partial charge in [-0.25, -0.2) is 4.79 Å². The van der Waals surface area contributed by atoms with Crippen LogP contribution in [-0.4, -0.2) is 115 Å². The number of rotatable bonds is 10. The number of fused-ring (bicyclic) bond motifs is 3. The summed E-state index contributed by atoms with van der Waals surface area (Å²) in [6.45, 7) is 14.6. The summed E-state index contributed by atoms with van der Waals surface area (Å²) in [4.78, 5) is 71.1. The van der Waals surface area contributed by atoms with Crippen molar-refractivity contribution in [3.63, 3.8) is 0 Å². The van der Waals surface area contributed by atoms with Crippen molar-refractivity contribution in [2.75, 3.05) is 27.4 Å². The standard InChI is InChI=1S/C49H78N2O11/c1-10-22-60-40-28-34(16-19-37(40)50-46(54)36-17-18-36)26-32(6)43-31(5)15-20-39(52)35(11-2)24-29(3)23-30(4)25-41(58-8)44-42(59-9)27-33(7)49(57,62-44)45(53)47(55)51-21-13-12-14-38(51)48(56)61-43/h24,26,30-31,33-38,40-44,57H,10-23,25,27-28H2,1-9H3,(H,50,54). The molecule has 0 radical (unpaired) electrons. The fourth-order valence-electron chi connectivity index (χ4n) is 10.4. The molecule has 0 aromatic carbocycles. The first kappa shape index (κ1) is 50.0. The zero-order chi connectivity index (χ0) is 45.3. The maximum absolute atomic E-state index is 14.5. The quantitative estimate of drug-likeness (QED) is 0.134. The molecular weight excluding hydrogens is 793 g/mol. The number of piperidine rings is 1. The van der Waals surface area contributed by atoms with Gasteiger partial charge in [-0.05, 0) is 127 Å². The SMILES string of the molecule is CCCOC1CC(C=C(C)C2OC(=O)C3CCCCN3C(=O)C(=O)C3(O)OC(C(OC)CC(C)CC(C)=CC(CC)C(=O)CCC2C)C(OC)CC3C)CCC1NC(=O)C1CC1. The van der Waals surface area contributed by atoms with Crippen molar-refractivity contribution in [2.24, 2.45) is 35.5 Å². The van der Waals surface area contributed by atoms with Gasteiger partial charge in [0, 0.05) is 51.5 Å². The first-order valence-corrected chi connectivity index (χ1v) is 23.9. The number of esters is 1. The van der Waals surface area contributed by atoms with Crippen molar-refractivity contribution in [1.29, 1.82) is 0 Å². The lowest BCUT2D eigenvalue weighted by Gasteiger charge is -2.47. The maximum Gasteiger partial charge on any atom is 0.329 e. The molecule has 13 heteroatoms. The van der Waals surface area contributed by atoms with Crippen LogP contribution >= 0.6 is 0 Å². The Labute approximate surface area is 370 Å². The molecule has 3 heterocycles. The molecule has 2 saturated carbocycles. The average Bonchev–Trinajstić information content (AvgIpc) is 4.11. The van der Waals surface area contributed by atoms with Crippen LogP contribution in [0.1, 0.15) is 145 Å². The third kappa shape index (κ3) is 12.4. The molecule has 5 aliphatic rings. The second kappa shape index (κ2) is 22.8. The van der Waals surface area contributed by atoms with Crippen LogP contribution in [0.3, 0.4) is 0 Å². The van der Waals surface area contributed by atoms with Gasteiger partial charge >= 0.3 is 5.97 Å².